The van der Waals surface area contributed by atoms with Crippen molar-refractivity contribution in [1.82, 2.24) is 14.7 Å². The molecule has 2 fully saturated rings. The highest BCUT2D eigenvalue weighted by atomic mass is 32.1. The third-order valence-electron chi connectivity index (χ3n) is 4.93. The molecule has 0 atom stereocenters. The summed E-state index contributed by atoms with van der Waals surface area (Å²) < 4.78 is 2.31. The Balaban J connectivity index is 1.49. The highest BCUT2D eigenvalue weighted by Crippen LogP contribution is 2.60. The van der Waals surface area contributed by atoms with Crippen LogP contribution in [0.4, 0.5) is 0 Å². The van der Waals surface area contributed by atoms with Crippen LogP contribution in [0, 0.1) is 25.2 Å². The van der Waals surface area contributed by atoms with Crippen molar-refractivity contribution in [3.63, 3.8) is 0 Å². The van der Waals surface area contributed by atoms with E-state index in [-0.39, 0.29) is 0 Å². The summed E-state index contributed by atoms with van der Waals surface area (Å²) >= 11 is 1.74. The molecule has 2 aliphatic carbocycles. The fourth-order valence-corrected chi connectivity index (χ4v) is 4.32. The van der Waals surface area contributed by atoms with E-state index in [9.17, 15) is 0 Å². The molecule has 0 bridgehead atoms. The summed E-state index contributed by atoms with van der Waals surface area (Å²) in [7, 11) is 0. The zero-order valence-electron chi connectivity index (χ0n) is 11.7. The van der Waals surface area contributed by atoms with Crippen molar-refractivity contribution in [2.45, 2.75) is 46.1 Å². The predicted molar refractivity (Wildman–Crippen MR) is 78.6 cm³/mol. The monoisotopic (exact) mass is 275 g/mol. The Kier molecular flexibility index (Phi) is 2.55. The topological polar surface area (TPSA) is 29.3 Å². The quantitative estimate of drug-likeness (QED) is 0.907. The van der Waals surface area contributed by atoms with Gasteiger partial charge in [-0.05, 0) is 50.9 Å². The molecule has 0 aliphatic heterocycles. The summed E-state index contributed by atoms with van der Waals surface area (Å²) in [5, 5.41) is 5.90. The number of fused-ring (bicyclic) bond motifs is 1. The Labute approximate surface area is 118 Å². The molecular formula is C15H21N3S. The van der Waals surface area contributed by atoms with Crippen molar-refractivity contribution in [1.29, 1.82) is 0 Å². The zero-order chi connectivity index (χ0) is 13.0. The van der Waals surface area contributed by atoms with E-state index in [0.717, 1.165) is 17.4 Å². The Morgan fingerprint density at radius 1 is 1.42 bits per heavy atom. The van der Waals surface area contributed by atoms with Gasteiger partial charge in [-0.15, -0.1) is 11.3 Å². The number of nitrogens with zero attached hydrogens (tertiary/aromatic N) is 2. The van der Waals surface area contributed by atoms with Crippen LogP contribution in [-0.2, 0) is 6.54 Å². The molecule has 4 heteroatoms. The summed E-state index contributed by atoms with van der Waals surface area (Å²) in [6.45, 7) is 6.46. The van der Waals surface area contributed by atoms with Gasteiger partial charge in [-0.3, -0.25) is 4.40 Å². The van der Waals surface area contributed by atoms with Gasteiger partial charge in [0.05, 0.1) is 11.4 Å². The highest BCUT2D eigenvalue weighted by Gasteiger charge is 2.53. The maximum Gasteiger partial charge on any atom is 0.194 e. The largest absolute Gasteiger partial charge is 0.311 e. The second-order valence-electron chi connectivity index (χ2n) is 6.38. The molecule has 2 heterocycles. The van der Waals surface area contributed by atoms with E-state index < -0.39 is 0 Å². The average molecular weight is 275 g/mol. The number of rotatable bonds is 5. The number of nitrogens with one attached hydrogen (secondary N) is 1. The van der Waals surface area contributed by atoms with Crippen molar-refractivity contribution in [2.75, 3.05) is 6.54 Å². The Hall–Kier alpha value is -0.870. The first-order valence-corrected chi connectivity index (χ1v) is 8.20. The molecule has 2 aliphatic rings. The molecule has 0 amide bonds. The van der Waals surface area contributed by atoms with Crippen LogP contribution in [0.3, 0.4) is 0 Å². The normalized spacial score (nSPS) is 21.2. The Bertz CT molecular complexity index is 617. The first-order chi connectivity index (χ1) is 9.20. The van der Waals surface area contributed by atoms with E-state index in [4.69, 9.17) is 0 Å². The molecule has 0 spiro atoms. The van der Waals surface area contributed by atoms with Crippen molar-refractivity contribution in [3.05, 3.63) is 22.5 Å². The molecule has 2 aromatic heterocycles. The molecule has 19 heavy (non-hydrogen) atoms. The van der Waals surface area contributed by atoms with Crippen LogP contribution in [0.25, 0.3) is 4.96 Å². The van der Waals surface area contributed by atoms with Crippen molar-refractivity contribution in [3.8, 4) is 0 Å². The smallest absolute Gasteiger partial charge is 0.194 e. The number of thiazole rings is 1. The van der Waals surface area contributed by atoms with Crippen LogP contribution in [0.1, 0.15) is 42.8 Å². The Morgan fingerprint density at radius 2 is 2.21 bits per heavy atom. The molecule has 102 valence electrons. The SMILES string of the molecule is Cc1nc2scc(C)n2c1CNCC1(C2CC2)CC1. The molecular weight excluding hydrogens is 254 g/mol. The van der Waals surface area contributed by atoms with Gasteiger partial charge in [-0.1, -0.05) is 0 Å². The lowest BCUT2D eigenvalue weighted by atomic mass is 10.0. The molecule has 2 aromatic rings. The van der Waals surface area contributed by atoms with Crippen LogP contribution < -0.4 is 5.32 Å². The van der Waals surface area contributed by atoms with Gasteiger partial charge < -0.3 is 5.32 Å². The number of aromatic nitrogens is 2. The Morgan fingerprint density at radius 3 is 2.89 bits per heavy atom. The van der Waals surface area contributed by atoms with Crippen LogP contribution in [0.15, 0.2) is 5.38 Å². The fourth-order valence-electron chi connectivity index (χ4n) is 3.39. The minimum atomic E-state index is 0.682. The third-order valence-corrected chi connectivity index (χ3v) is 5.88. The molecule has 2 saturated carbocycles. The zero-order valence-corrected chi connectivity index (χ0v) is 12.5. The molecule has 0 unspecified atom stereocenters. The highest BCUT2D eigenvalue weighted by molar-refractivity contribution is 7.15. The average Bonchev–Trinajstić information content (AvgIpc) is 3.26. The lowest BCUT2D eigenvalue weighted by molar-refractivity contribution is 0.402. The van der Waals surface area contributed by atoms with Crippen LogP contribution >= 0.6 is 11.3 Å². The summed E-state index contributed by atoms with van der Waals surface area (Å²) in [6, 6.07) is 0. The first-order valence-electron chi connectivity index (χ1n) is 7.32. The lowest BCUT2D eigenvalue weighted by Gasteiger charge is -2.15. The van der Waals surface area contributed by atoms with E-state index in [2.05, 4.69) is 33.9 Å². The molecule has 1 N–H and O–H groups in total. The molecule has 0 saturated heterocycles. The van der Waals surface area contributed by atoms with Crippen LogP contribution in [0.2, 0.25) is 0 Å². The third kappa shape index (κ3) is 1.93. The maximum atomic E-state index is 4.65. The summed E-state index contributed by atoms with van der Waals surface area (Å²) in [5.41, 5.74) is 4.52. The van der Waals surface area contributed by atoms with E-state index in [0.29, 0.717) is 5.41 Å². The minimum Gasteiger partial charge on any atom is -0.311 e. The van der Waals surface area contributed by atoms with Gasteiger partial charge in [0.1, 0.15) is 0 Å². The molecule has 0 radical (unpaired) electrons. The number of imidazole rings is 1. The summed E-state index contributed by atoms with van der Waals surface area (Å²) in [6.07, 6.45) is 5.84. The number of hydrogen-bond acceptors (Lipinski definition) is 3. The van der Waals surface area contributed by atoms with E-state index in [1.54, 1.807) is 11.3 Å². The molecule has 0 aromatic carbocycles. The van der Waals surface area contributed by atoms with Crippen molar-refractivity contribution >= 4 is 16.3 Å². The van der Waals surface area contributed by atoms with E-state index >= 15 is 0 Å². The van der Waals surface area contributed by atoms with Gasteiger partial charge in [0, 0.05) is 24.2 Å². The van der Waals surface area contributed by atoms with Gasteiger partial charge in [-0.25, -0.2) is 4.98 Å². The standard InChI is InChI=1S/C15H21N3S/c1-10-8-19-14-17-11(2)13(18(10)14)7-16-9-15(5-6-15)12-3-4-12/h8,12,16H,3-7,9H2,1-2H3. The van der Waals surface area contributed by atoms with Crippen LogP contribution in [0.5, 0.6) is 0 Å². The van der Waals surface area contributed by atoms with Gasteiger partial charge >= 0.3 is 0 Å². The summed E-state index contributed by atoms with van der Waals surface area (Å²) in [4.78, 5) is 5.79. The first kappa shape index (κ1) is 11.9. The van der Waals surface area contributed by atoms with Gasteiger partial charge in [0.25, 0.3) is 0 Å². The van der Waals surface area contributed by atoms with Gasteiger partial charge in [0.2, 0.25) is 0 Å². The fraction of sp³-hybridized carbons (Fsp3) is 0.667. The van der Waals surface area contributed by atoms with Gasteiger partial charge in [-0.2, -0.15) is 0 Å². The van der Waals surface area contributed by atoms with Gasteiger partial charge in [0.15, 0.2) is 4.96 Å². The number of aryl methyl sites for hydroxylation is 2. The molecule has 3 nitrogen and oxygen atoms in total. The lowest BCUT2D eigenvalue weighted by Crippen LogP contribution is -2.25. The predicted octanol–water partition coefficient (Wildman–Crippen LogP) is 3.29. The van der Waals surface area contributed by atoms with E-state index in [1.807, 2.05) is 0 Å². The maximum absolute atomic E-state index is 4.65. The second-order valence-corrected chi connectivity index (χ2v) is 7.22. The minimum absolute atomic E-state index is 0.682. The second kappa shape index (κ2) is 4.06. The van der Waals surface area contributed by atoms with Crippen molar-refractivity contribution < 1.29 is 0 Å². The molecule has 4 rings (SSSR count). The summed E-state index contributed by atoms with van der Waals surface area (Å²) in [5.74, 6) is 1.04. The van der Waals surface area contributed by atoms with Crippen molar-refractivity contribution in [2.24, 2.45) is 11.3 Å². The van der Waals surface area contributed by atoms with E-state index in [1.165, 1.54) is 49.3 Å². The number of hydrogen-bond donors (Lipinski definition) is 1. The van der Waals surface area contributed by atoms with Crippen LogP contribution in [-0.4, -0.2) is 15.9 Å².